The topological polar surface area (TPSA) is 84.8 Å². The number of nitrogens with zero attached hydrogens (tertiary/aromatic N) is 1. The Morgan fingerprint density at radius 3 is 2.46 bits per heavy atom. The van der Waals surface area contributed by atoms with E-state index in [0.717, 1.165) is 25.2 Å². The largest absolute Gasteiger partial charge is 0.508 e. The first-order valence-corrected chi connectivity index (χ1v) is 8.85. The Hall–Kier alpha value is -2.57. The maximum Gasteiger partial charge on any atom is 0.319 e. The van der Waals surface area contributed by atoms with Crippen LogP contribution in [0.2, 0.25) is 0 Å². The fourth-order valence-electron chi connectivity index (χ4n) is 2.63. The van der Waals surface area contributed by atoms with Crippen LogP contribution in [0.1, 0.15) is 31.1 Å². The molecule has 6 heteroatoms. The lowest BCUT2D eigenvalue weighted by Gasteiger charge is -2.18. The Bertz CT molecular complexity index is 700. The Balaban J connectivity index is 1.86. The number of carbonyl (C=O) groups excluding carboxylic acids is 1. The van der Waals surface area contributed by atoms with E-state index in [4.69, 9.17) is 0 Å². The van der Waals surface area contributed by atoms with Crippen LogP contribution >= 0.6 is 0 Å². The second kappa shape index (κ2) is 9.79. The van der Waals surface area contributed by atoms with Gasteiger partial charge in [-0.1, -0.05) is 38.1 Å². The first-order chi connectivity index (χ1) is 12.5. The van der Waals surface area contributed by atoms with Crippen LogP contribution in [0.4, 0.5) is 10.5 Å². The molecule has 0 aliphatic heterocycles. The van der Waals surface area contributed by atoms with E-state index in [1.54, 1.807) is 12.1 Å². The summed E-state index contributed by atoms with van der Waals surface area (Å²) in [4.78, 5) is 14.4. The highest BCUT2D eigenvalue weighted by atomic mass is 16.3. The zero-order valence-corrected chi connectivity index (χ0v) is 15.3. The smallest absolute Gasteiger partial charge is 0.319 e. The van der Waals surface area contributed by atoms with Crippen LogP contribution in [-0.4, -0.2) is 40.8 Å². The summed E-state index contributed by atoms with van der Waals surface area (Å²) in [6, 6.07) is 13.6. The molecule has 0 aromatic heterocycles. The van der Waals surface area contributed by atoms with Gasteiger partial charge in [-0.25, -0.2) is 4.79 Å². The summed E-state index contributed by atoms with van der Waals surface area (Å²) in [5, 5.41) is 24.8. The van der Waals surface area contributed by atoms with E-state index in [1.165, 1.54) is 12.1 Å². The molecule has 2 aromatic rings. The molecule has 0 bridgehead atoms. The third kappa shape index (κ3) is 6.06. The predicted octanol–water partition coefficient (Wildman–Crippen LogP) is 3.09. The van der Waals surface area contributed by atoms with Gasteiger partial charge in [-0.05, 0) is 48.5 Å². The Kier molecular flexibility index (Phi) is 7.44. The van der Waals surface area contributed by atoms with Crippen molar-refractivity contribution in [2.75, 3.05) is 25.0 Å². The molecule has 0 spiro atoms. The Morgan fingerprint density at radius 1 is 1.12 bits per heavy atom. The Labute approximate surface area is 154 Å². The van der Waals surface area contributed by atoms with Gasteiger partial charge in [-0.2, -0.15) is 0 Å². The SMILES string of the molecule is CCN(CC)Cc1cccc(NC(=O)NCC(O)c2ccc(O)cc2)c1. The first kappa shape index (κ1) is 19.8. The van der Waals surface area contributed by atoms with E-state index in [-0.39, 0.29) is 18.3 Å². The summed E-state index contributed by atoms with van der Waals surface area (Å²) < 4.78 is 0. The number of amides is 2. The van der Waals surface area contributed by atoms with Gasteiger partial charge < -0.3 is 20.8 Å². The van der Waals surface area contributed by atoms with Crippen molar-refractivity contribution in [3.05, 3.63) is 59.7 Å². The fraction of sp³-hybridized carbons (Fsp3) is 0.350. The van der Waals surface area contributed by atoms with Crippen molar-refractivity contribution in [2.45, 2.75) is 26.5 Å². The summed E-state index contributed by atoms with van der Waals surface area (Å²) in [6.45, 7) is 7.12. The maximum atomic E-state index is 12.1. The number of urea groups is 1. The molecule has 4 N–H and O–H groups in total. The van der Waals surface area contributed by atoms with E-state index in [9.17, 15) is 15.0 Å². The van der Waals surface area contributed by atoms with Crippen LogP contribution in [-0.2, 0) is 6.54 Å². The minimum absolute atomic E-state index is 0.0791. The molecule has 0 saturated heterocycles. The van der Waals surface area contributed by atoms with E-state index < -0.39 is 6.10 Å². The second-order valence-corrected chi connectivity index (χ2v) is 6.10. The average molecular weight is 357 g/mol. The van der Waals surface area contributed by atoms with Crippen LogP contribution in [0.25, 0.3) is 0 Å². The number of phenols is 1. The van der Waals surface area contributed by atoms with Gasteiger partial charge in [-0.15, -0.1) is 0 Å². The van der Waals surface area contributed by atoms with Gasteiger partial charge in [0.15, 0.2) is 0 Å². The molecule has 2 aromatic carbocycles. The zero-order valence-electron chi connectivity index (χ0n) is 15.3. The van der Waals surface area contributed by atoms with Crippen LogP contribution in [0.3, 0.4) is 0 Å². The molecule has 0 fully saturated rings. The molecular weight excluding hydrogens is 330 g/mol. The highest BCUT2D eigenvalue weighted by molar-refractivity contribution is 5.89. The van der Waals surface area contributed by atoms with Gasteiger partial charge in [0.2, 0.25) is 0 Å². The lowest BCUT2D eigenvalue weighted by atomic mass is 10.1. The van der Waals surface area contributed by atoms with E-state index in [0.29, 0.717) is 11.3 Å². The maximum absolute atomic E-state index is 12.1. The van der Waals surface area contributed by atoms with Gasteiger partial charge in [0.1, 0.15) is 5.75 Å². The molecule has 2 rings (SSSR count). The molecule has 1 unspecified atom stereocenters. The number of nitrogens with one attached hydrogen (secondary N) is 2. The van der Waals surface area contributed by atoms with Crippen molar-refractivity contribution >= 4 is 11.7 Å². The zero-order chi connectivity index (χ0) is 18.9. The molecule has 6 nitrogen and oxygen atoms in total. The van der Waals surface area contributed by atoms with Crippen molar-refractivity contribution in [2.24, 2.45) is 0 Å². The molecule has 0 radical (unpaired) electrons. The van der Waals surface area contributed by atoms with Crippen LogP contribution in [0.15, 0.2) is 48.5 Å². The monoisotopic (exact) mass is 357 g/mol. The van der Waals surface area contributed by atoms with Crippen molar-refractivity contribution < 1.29 is 15.0 Å². The van der Waals surface area contributed by atoms with E-state index in [1.807, 2.05) is 24.3 Å². The number of aliphatic hydroxyl groups excluding tert-OH is 1. The summed E-state index contributed by atoms with van der Waals surface area (Å²) in [7, 11) is 0. The van der Waals surface area contributed by atoms with Crippen molar-refractivity contribution in [1.82, 2.24) is 10.2 Å². The number of phenolic OH excluding ortho intramolecular Hbond substituents is 1. The second-order valence-electron chi connectivity index (χ2n) is 6.10. The van der Waals surface area contributed by atoms with Gasteiger partial charge in [-0.3, -0.25) is 4.90 Å². The normalized spacial score (nSPS) is 12.0. The highest BCUT2D eigenvalue weighted by Crippen LogP contribution is 2.16. The standard InChI is InChI=1S/C20H27N3O3/c1-3-23(4-2)14-15-6-5-7-17(12-15)22-20(26)21-13-19(25)16-8-10-18(24)11-9-16/h5-12,19,24-25H,3-4,13-14H2,1-2H3,(H2,21,22,26). The molecule has 26 heavy (non-hydrogen) atoms. The van der Waals surface area contributed by atoms with Crippen molar-refractivity contribution in [1.29, 1.82) is 0 Å². The first-order valence-electron chi connectivity index (χ1n) is 8.85. The van der Waals surface area contributed by atoms with Crippen LogP contribution < -0.4 is 10.6 Å². The van der Waals surface area contributed by atoms with Crippen LogP contribution in [0, 0.1) is 0 Å². The van der Waals surface area contributed by atoms with E-state index in [2.05, 4.69) is 29.4 Å². The third-order valence-electron chi connectivity index (χ3n) is 4.22. The quantitative estimate of drug-likeness (QED) is 0.585. The predicted molar refractivity (Wildman–Crippen MR) is 103 cm³/mol. The molecule has 2 amide bonds. The minimum Gasteiger partial charge on any atom is -0.508 e. The number of rotatable bonds is 8. The van der Waals surface area contributed by atoms with Gasteiger partial charge in [0.05, 0.1) is 6.10 Å². The number of aliphatic hydroxyl groups is 1. The minimum atomic E-state index is -0.838. The number of aromatic hydroxyl groups is 1. The summed E-state index contributed by atoms with van der Waals surface area (Å²) in [6.07, 6.45) is -0.838. The molecule has 0 saturated carbocycles. The molecule has 1 atom stereocenters. The molecular formula is C20H27N3O3. The molecule has 0 aliphatic rings. The number of anilines is 1. The fourth-order valence-corrected chi connectivity index (χ4v) is 2.63. The average Bonchev–Trinajstić information content (AvgIpc) is 2.65. The highest BCUT2D eigenvalue weighted by Gasteiger charge is 2.10. The molecule has 140 valence electrons. The van der Waals surface area contributed by atoms with Crippen LogP contribution in [0.5, 0.6) is 5.75 Å². The van der Waals surface area contributed by atoms with Crippen molar-refractivity contribution in [3.63, 3.8) is 0 Å². The van der Waals surface area contributed by atoms with Gasteiger partial charge >= 0.3 is 6.03 Å². The number of benzene rings is 2. The van der Waals surface area contributed by atoms with E-state index >= 15 is 0 Å². The third-order valence-corrected chi connectivity index (χ3v) is 4.22. The van der Waals surface area contributed by atoms with Gasteiger partial charge in [0, 0.05) is 18.8 Å². The lowest BCUT2D eigenvalue weighted by Crippen LogP contribution is -2.32. The van der Waals surface area contributed by atoms with Gasteiger partial charge in [0.25, 0.3) is 0 Å². The number of carbonyl (C=O) groups is 1. The molecule has 0 aliphatic carbocycles. The Morgan fingerprint density at radius 2 is 1.81 bits per heavy atom. The summed E-state index contributed by atoms with van der Waals surface area (Å²) in [5.41, 5.74) is 2.48. The lowest BCUT2D eigenvalue weighted by molar-refractivity contribution is 0.175. The summed E-state index contributed by atoms with van der Waals surface area (Å²) >= 11 is 0. The number of hydrogen-bond acceptors (Lipinski definition) is 4. The van der Waals surface area contributed by atoms with Crippen molar-refractivity contribution in [3.8, 4) is 5.75 Å². The molecule has 0 heterocycles. The number of hydrogen-bond donors (Lipinski definition) is 4. The summed E-state index contributed by atoms with van der Waals surface area (Å²) in [5.74, 6) is 0.135.